The molecule has 4 aliphatic carbocycles. The first-order chi connectivity index (χ1) is 11.4. The SMILES string of the molecule is C[C@H]1C(=O)C2=C(C(=O)[C@@]3(C)[C@@H]4[C@@H](O)C(C)(C)[C@H]4CC[C@]3(C)[C@H]2O)[C@H]1O. The fourth-order valence-corrected chi connectivity index (χ4v) is 6.51. The number of hydrogen-bond acceptors (Lipinski definition) is 5. The van der Waals surface area contributed by atoms with E-state index in [9.17, 15) is 24.9 Å². The molecule has 0 spiro atoms. The van der Waals surface area contributed by atoms with Crippen LogP contribution >= 0.6 is 0 Å². The minimum atomic E-state index is -1.16. The monoisotopic (exact) mass is 348 g/mol. The Kier molecular flexibility index (Phi) is 3.21. The number of aliphatic hydroxyl groups is 3. The first kappa shape index (κ1) is 17.4. The van der Waals surface area contributed by atoms with Crippen molar-refractivity contribution in [3.8, 4) is 0 Å². The first-order valence-corrected chi connectivity index (χ1v) is 9.29. The summed E-state index contributed by atoms with van der Waals surface area (Å²) in [7, 11) is 0. The van der Waals surface area contributed by atoms with Crippen LogP contribution in [-0.2, 0) is 9.59 Å². The van der Waals surface area contributed by atoms with Gasteiger partial charge in [0.15, 0.2) is 11.6 Å². The zero-order valence-corrected chi connectivity index (χ0v) is 15.5. The zero-order valence-electron chi connectivity index (χ0n) is 15.5. The van der Waals surface area contributed by atoms with Crippen LogP contribution in [-0.4, -0.2) is 45.2 Å². The van der Waals surface area contributed by atoms with Crippen molar-refractivity contribution in [2.75, 3.05) is 0 Å². The van der Waals surface area contributed by atoms with Gasteiger partial charge in [-0.15, -0.1) is 0 Å². The third-order valence-corrected chi connectivity index (χ3v) is 8.65. The van der Waals surface area contributed by atoms with Crippen LogP contribution in [0.3, 0.4) is 0 Å². The van der Waals surface area contributed by atoms with E-state index in [0.717, 1.165) is 6.42 Å². The summed E-state index contributed by atoms with van der Waals surface area (Å²) in [5.74, 6) is -1.32. The number of fused-ring (bicyclic) bond motifs is 3. The number of rotatable bonds is 0. The molecule has 25 heavy (non-hydrogen) atoms. The Balaban J connectivity index is 1.91. The van der Waals surface area contributed by atoms with E-state index in [-0.39, 0.29) is 40.0 Å². The lowest BCUT2D eigenvalue weighted by molar-refractivity contribution is -0.262. The lowest BCUT2D eigenvalue weighted by atomic mass is 9.34. The summed E-state index contributed by atoms with van der Waals surface area (Å²) in [6, 6.07) is 0. The Morgan fingerprint density at radius 1 is 1.00 bits per heavy atom. The van der Waals surface area contributed by atoms with Crippen LogP contribution < -0.4 is 0 Å². The van der Waals surface area contributed by atoms with Crippen LogP contribution in [0.25, 0.3) is 0 Å². The predicted molar refractivity (Wildman–Crippen MR) is 90.4 cm³/mol. The molecule has 0 aliphatic heterocycles. The third kappa shape index (κ3) is 1.58. The lowest BCUT2D eigenvalue weighted by Gasteiger charge is -2.70. The van der Waals surface area contributed by atoms with Crippen LogP contribution in [0.4, 0.5) is 0 Å². The fourth-order valence-electron chi connectivity index (χ4n) is 6.51. The molecule has 4 aliphatic rings. The molecule has 0 amide bonds. The second-order valence-electron chi connectivity index (χ2n) is 9.71. The van der Waals surface area contributed by atoms with Gasteiger partial charge in [0.1, 0.15) is 0 Å². The molecule has 0 aromatic rings. The highest BCUT2D eigenvalue weighted by Gasteiger charge is 2.75. The van der Waals surface area contributed by atoms with Crippen molar-refractivity contribution in [1.29, 1.82) is 0 Å². The molecule has 4 rings (SSSR count). The topological polar surface area (TPSA) is 94.8 Å². The van der Waals surface area contributed by atoms with E-state index < -0.39 is 35.1 Å². The van der Waals surface area contributed by atoms with Crippen LogP contribution in [0.2, 0.25) is 0 Å². The molecular formula is C20H28O5. The molecule has 2 fully saturated rings. The summed E-state index contributed by atoms with van der Waals surface area (Å²) in [5, 5.41) is 32.5. The van der Waals surface area contributed by atoms with Gasteiger partial charge < -0.3 is 15.3 Å². The van der Waals surface area contributed by atoms with Gasteiger partial charge >= 0.3 is 0 Å². The maximum absolute atomic E-state index is 13.6. The minimum absolute atomic E-state index is 0.0996. The summed E-state index contributed by atoms with van der Waals surface area (Å²) in [6.07, 6.45) is -1.42. The van der Waals surface area contributed by atoms with E-state index in [1.807, 2.05) is 27.7 Å². The van der Waals surface area contributed by atoms with E-state index in [2.05, 4.69) is 0 Å². The highest BCUT2D eigenvalue weighted by Crippen LogP contribution is 2.71. The van der Waals surface area contributed by atoms with Crippen LogP contribution in [0, 0.1) is 34.0 Å². The van der Waals surface area contributed by atoms with Crippen molar-refractivity contribution in [2.45, 2.75) is 65.8 Å². The molecule has 3 N–H and O–H groups in total. The number of aliphatic hydroxyl groups excluding tert-OH is 3. The van der Waals surface area contributed by atoms with Gasteiger partial charge in [0, 0.05) is 33.8 Å². The van der Waals surface area contributed by atoms with E-state index >= 15 is 0 Å². The van der Waals surface area contributed by atoms with E-state index in [4.69, 9.17) is 0 Å². The Labute approximate surface area is 148 Å². The quantitative estimate of drug-likeness (QED) is 0.612. The normalized spacial score (nSPS) is 53.9. The number of ketones is 2. The highest BCUT2D eigenvalue weighted by molar-refractivity contribution is 6.16. The highest BCUT2D eigenvalue weighted by atomic mass is 16.3. The summed E-state index contributed by atoms with van der Waals surface area (Å²) in [5.41, 5.74) is -1.82. The van der Waals surface area contributed by atoms with Gasteiger partial charge in [-0.25, -0.2) is 0 Å². The molecular weight excluding hydrogens is 320 g/mol. The minimum Gasteiger partial charge on any atom is -0.392 e. The molecule has 0 saturated heterocycles. The largest absolute Gasteiger partial charge is 0.392 e. The van der Waals surface area contributed by atoms with Crippen molar-refractivity contribution in [3.05, 3.63) is 11.1 Å². The van der Waals surface area contributed by atoms with Gasteiger partial charge in [-0.2, -0.15) is 0 Å². The molecule has 8 atom stereocenters. The number of carbonyl (C=O) groups excluding carboxylic acids is 2. The summed E-state index contributed by atoms with van der Waals surface area (Å²) < 4.78 is 0. The molecule has 5 heteroatoms. The Morgan fingerprint density at radius 2 is 1.60 bits per heavy atom. The number of carbonyl (C=O) groups is 2. The Hall–Kier alpha value is -1.04. The van der Waals surface area contributed by atoms with Crippen molar-refractivity contribution < 1.29 is 24.9 Å². The predicted octanol–water partition coefficient (Wildman–Crippen LogP) is 1.25. The number of Topliss-reactive ketones (excluding diaryl/α,β-unsaturated/α-hetero) is 2. The molecule has 2 saturated carbocycles. The molecule has 138 valence electrons. The number of hydrogen-bond donors (Lipinski definition) is 3. The van der Waals surface area contributed by atoms with Crippen molar-refractivity contribution in [1.82, 2.24) is 0 Å². The average molecular weight is 348 g/mol. The van der Waals surface area contributed by atoms with Crippen LogP contribution in [0.5, 0.6) is 0 Å². The lowest BCUT2D eigenvalue weighted by Crippen LogP contribution is -2.73. The van der Waals surface area contributed by atoms with Crippen molar-refractivity contribution in [2.24, 2.45) is 34.0 Å². The summed E-state index contributed by atoms with van der Waals surface area (Å²) in [4.78, 5) is 26.1. The second kappa shape index (κ2) is 4.62. The van der Waals surface area contributed by atoms with E-state index in [1.54, 1.807) is 6.92 Å². The maximum Gasteiger partial charge on any atom is 0.168 e. The maximum atomic E-state index is 13.6. The third-order valence-electron chi connectivity index (χ3n) is 8.65. The van der Waals surface area contributed by atoms with Gasteiger partial charge in [0.25, 0.3) is 0 Å². The molecule has 0 bridgehead atoms. The van der Waals surface area contributed by atoms with Gasteiger partial charge in [-0.1, -0.05) is 34.6 Å². The second-order valence-corrected chi connectivity index (χ2v) is 9.71. The Morgan fingerprint density at radius 3 is 2.20 bits per heavy atom. The zero-order chi connectivity index (χ0) is 18.7. The molecule has 0 heterocycles. The van der Waals surface area contributed by atoms with Crippen molar-refractivity contribution >= 4 is 11.6 Å². The smallest absolute Gasteiger partial charge is 0.168 e. The molecule has 0 unspecified atom stereocenters. The van der Waals surface area contributed by atoms with Gasteiger partial charge in [-0.3, -0.25) is 9.59 Å². The van der Waals surface area contributed by atoms with Crippen LogP contribution in [0.15, 0.2) is 11.1 Å². The standard InChI is InChI=1S/C20H28O5/c1-8-13(21)10-11(14(8)22)16(24)20(5)12-9(18(2,3)17(12)25)6-7-19(20,4)15(10)23/h8-9,12,14-15,17,22-23,25H,6-7H2,1-5H3/t8-,9-,12-,14-,15-,17+,19+,20+/m0/s1. The molecule has 5 nitrogen and oxygen atoms in total. The van der Waals surface area contributed by atoms with Gasteiger partial charge in [-0.05, 0) is 24.2 Å². The summed E-state index contributed by atoms with van der Waals surface area (Å²) in [6.45, 7) is 9.35. The van der Waals surface area contributed by atoms with E-state index in [1.165, 1.54) is 0 Å². The molecule has 0 radical (unpaired) electrons. The van der Waals surface area contributed by atoms with Crippen molar-refractivity contribution in [3.63, 3.8) is 0 Å². The van der Waals surface area contributed by atoms with Gasteiger partial charge in [0.2, 0.25) is 0 Å². The van der Waals surface area contributed by atoms with Gasteiger partial charge in [0.05, 0.1) is 18.3 Å². The molecule has 0 aromatic heterocycles. The van der Waals surface area contributed by atoms with E-state index in [0.29, 0.717) is 6.42 Å². The Bertz CT molecular complexity index is 722. The summed E-state index contributed by atoms with van der Waals surface area (Å²) >= 11 is 0. The fraction of sp³-hybridized carbons (Fsp3) is 0.800. The molecule has 0 aromatic carbocycles. The van der Waals surface area contributed by atoms with Crippen LogP contribution in [0.1, 0.15) is 47.5 Å². The average Bonchev–Trinajstić information content (AvgIpc) is 2.78. The first-order valence-electron chi connectivity index (χ1n) is 9.29.